The highest BCUT2D eigenvalue weighted by Crippen LogP contribution is 2.34. The van der Waals surface area contributed by atoms with Crippen LogP contribution in [0, 0.1) is 0 Å². The summed E-state index contributed by atoms with van der Waals surface area (Å²) in [6, 6.07) is 26.9. The summed E-state index contributed by atoms with van der Waals surface area (Å²) in [7, 11) is 0. The summed E-state index contributed by atoms with van der Waals surface area (Å²) in [6.07, 6.45) is 5.23. The van der Waals surface area contributed by atoms with Gasteiger partial charge in [0.25, 0.3) is 11.8 Å². The minimum atomic E-state index is -0.0821. The zero-order valence-corrected chi connectivity index (χ0v) is 23.3. The lowest BCUT2D eigenvalue weighted by molar-refractivity contribution is 0.0696. The van der Waals surface area contributed by atoms with Crippen molar-refractivity contribution in [3.8, 4) is 11.5 Å². The van der Waals surface area contributed by atoms with Crippen molar-refractivity contribution < 1.29 is 19.1 Å². The van der Waals surface area contributed by atoms with E-state index < -0.39 is 0 Å². The molecule has 0 radical (unpaired) electrons. The Kier molecular flexibility index (Phi) is 6.06. The molecule has 0 aromatic heterocycles. The van der Waals surface area contributed by atoms with E-state index in [1.807, 2.05) is 46.5 Å². The second-order valence-corrected chi connectivity index (χ2v) is 11.3. The number of nitrogens with zero attached hydrogens (tertiary/aromatic N) is 4. The molecule has 4 aromatic rings. The summed E-state index contributed by atoms with van der Waals surface area (Å²) < 4.78 is 11.8. The van der Waals surface area contributed by atoms with Crippen LogP contribution in [0.3, 0.4) is 0 Å². The molecule has 0 spiro atoms. The maximum Gasteiger partial charge on any atom is 0.256 e. The van der Waals surface area contributed by atoms with Crippen molar-refractivity contribution in [3.63, 3.8) is 0 Å². The van der Waals surface area contributed by atoms with Gasteiger partial charge >= 0.3 is 0 Å². The number of carbonyl (C=O) groups is 2. The predicted molar refractivity (Wildman–Crippen MR) is 163 cm³/mol. The number of aliphatic imine (C=N–C) groups is 2. The van der Waals surface area contributed by atoms with Crippen molar-refractivity contribution in [2.45, 2.75) is 38.0 Å². The lowest BCUT2D eigenvalue weighted by Crippen LogP contribution is -2.44. The van der Waals surface area contributed by atoms with Crippen molar-refractivity contribution >= 4 is 35.6 Å². The molecule has 43 heavy (non-hydrogen) atoms. The lowest BCUT2D eigenvalue weighted by atomic mass is 9.94. The van der Waals surface area contributed by atoms with E-state index in [1.165, 1.54) is 22.3 Å². The Morgan fingerprint density at radius 3 is 1.51 bits per heavy atom. The van der Waals surface area contributed by atoms with Crippen molar-refractivity contribution in [3.05, 3.63) is 118 Å². The summed E-state index contributed by atoms with van der Waals surface area (Å²) in [5.41, 5.74) is 7.13. The molecule has 4 aromatic carbocycles. The summed E-state index contributed by atoms with van der Waals surface area (Å²) >= 11 is 0. The maximum atomic E-state index is 13.4. The van der Waals surface area contributed by atoms with Crippen molar-refractivity contribution in [2.75, 3.05) is 6.79 Å². The number of rotatable bonds is 4. The van der Waals surface area contributed by atoms with Gasteiger partial charge in [-0.3, -0.25) is 19.6 Å². The second-order valence-electron chi connectivity index (χ2n) is 11.3. The molecule has 0 aliphatic carbocycles. The monoisotopic (exact) mass is 568 g/mol. The molecular weight excluding hydrogens is 540 g/mol. The SMILES string of the molecule is O=C1c2ccc(OCOc3ccc4c(c3)N=C[C@@H]3Cc5ccccc5CN3C4=O)cc2N=C[C@@H]2Cc3ccccc3CN12. The highest BCUT2D eigenvalue weighted by Gasteiger charge is 2.33. The number of amides is 2. The summed E-state index contributed by atoms with van der Waals surface area (Å²) in [5, 5.41) is 0. The van der Waals surface area contributed by atoms with Crippen LogP contribution in [0.1, 0.15) is 43.0 Å². The minimum Gasteiger partial charge on any atom is -0.457 e. The minimum absolute atomic E-state index is 0.0325. The molecule has 0 saturated heterocycles. The van der Waals surface area contributed by atoms with Gasteiger partial charge in [-0.25, -0.2) is 0 Å². The molecule has 0 saturated carbocycles. The van der Waals surface area contributed by atoms with Gasteiger partial charge in [-0.05, 0) is 59.4 Å². The molecule has 4 heterocycles. The number of ether oxygens (including phenoxy) is 2. The Labute approximate surface area is 248 Å². The fourth-order valence-corrected chi connectivity index (χ4v) is 6.39. The van der Waals surface area contributed by atoms with Crippen molar-refractivity contribution in [2.24, 2.45) is 9.98 Å². The number of hydrogen-bond donors (Lipinski definition) is 0. The van der Waals surface area contributed by atoms with Gasteiger partial charge < -0.3 is 19.3 Å². The molecule has 4 aliphatic heterocycles. The van der Waals surface area contributed by atoms with E-state index in [2.05, 4.69) is 34.3 Å². The van der Waals surface area contributed by atoms with Gasteiger partial charge in [0, 0.05) is 37.7 Å². The zero-order chi connectivity index (χ0) is 28.9. The highest BCUT2D eigenvalue weighted by molar-refractivity contribution is 6.03. The summed E-state index contributed by atoms with van der Waals surface area (Å²) in [6.45, 7) is 1.08. The van der Waals surface area contributed by atoms with E-state index in [0.29, 0.717) is 47.1 Å². The van der Waals surface area contributed by atoms with Crippen LogP contribution in [-0.2, 0) is 25.9 Å². The molecular formula is C35H28N4O4. The van der Waals surface area contributed by atoms with Gasteiger partial charge in [-0.1, -0.05) is 48.5 Å². The first kappa shape index (κ1) is 25.5. The van der Waals surface area contributed by atoms with E-state index in [-0.39, 0.29) is 30.7 Å². The van der Waals surface area contributed by atoms with Crippen LogP contribution in [0.4, 0.5) is 11.4 Å². The van der Waals surface area contributed by atoms with Crippen LogP contribution in [0.5, 0.6) is 11.5 Å². The average molecular weight is 569 g/mol. The fourth-order valence-electron chi connectivity index (χ4n) is 6.39. The molecule has 0 unspecified atom stereocenters. The standard InChI is InChI=1S/C35H28N4O4/c40-34-30-11-9-28(15-32(30)36-17-26-13-22-5-1-3-7-24(22)19-38(26)34)42-21-43-29-10-12-31-33(16-29)37-18-27-14-23-6-2-4-8-25(23)20-39(27)35(31)41/h1-12,15-18,26-27H,13-14,19-21H2/t26-,27-/m0/s1. The van der Waals surface area contributed by atoms with Crippen LogP contribution in [0.25, 0.3) is 0 Å². The summed E-state index contributed by atoms with van der Waals surface area (Å²) in [5.74, 6) is 1.03. The Morgan fingerprint density at radius 1 is 0.605 bits per heavy atom. The summed E-state index contributed by atoms with van der Waals surface area (Å²) in [4.78, 5) is 40.0. The number of hydrogen-bond acceptors (Lipinski definition) is 6. The van der Waals surface area contributed by atoms with Crippen LogP contribution in [-0.4, -0.2) is 52.9 Å². The Hall–Kier alpha value is -5.24. The van der Waals surface area contributed by atoms with Gasteiger partial charge in [0.2, 0.25) is 6.79 Å². The normalized spacial score (nSPS) is 19.6. The maximum absolute atomic E-state index is 13.4. The molecule has 2 atom stereocenters. The van der Waals surface area contributed by atoms with E-state index in [4.69, 9.17) is 9.47 Å². The third-order valence-corrected chi connectivity index (χ3v) is 8.72. The first-order valence-electron chi connectivity index (χ1n) is 14.5. The van der Waals surface area contributed by atoms with Crippen LogP contribution >= 0.6 is 0 Å². The molecule has 2 amide bonds. The first-order chi connectivity index (χ1) is 21.1. The van der Waals surface area contributed by atoms with Crippen LogP contribution in [0.2, 0.25) is 0 Å². The first-order valence-corrected chi connectivity index (χ1v) is 14.5. The van der Waals surface area contributed by atoms with E-state index in [1.54, 1.807) is 36.4 Å². The van der Waals surface area contributed by atoms with Gasteiger partial charge in [0.1, 0.15) is 11.5 Å². The number of fused-ring (bicyclic) bond motifs is 6. The molecule has 0 fully saturated rings. The van der Waals surface area contributed by atoms with Crippen molar-refractivity contribution in [1.82, 2.24) is 9.80 Å². The van der Waals surface area contributed by atoms with Gasteiger partial charge in [-0.15, -0.1) is 0 Å². The zero-order valence-electron chi connectivity index (χ0n) is 23.3. The predicted octanol–water partition coefficient (Wildman–Crippen LogP) is 5.67. The second kappa shape index (κ2) is 10.2. The molecule has 0 N–H and O–H groups in total. The molecule has 8 heteroatoms. The topological polar surface area (TPSA) is 83.8 Å². The highest BCUT2D eigenvalue weighted by atomic mass is 16.7. The molecule has 4 aliphatic rings. The molecule has 8 nitrogen and oxygen atoms in total. The molecule has 0 bridgehead atoms. The lowest BCUT2D eigenvalue weighted by Gasteiger charge is -2.34. The largest absolute Gasteiger partial charge is 0.457 e. The van der Waals surface area contributed by atoms with Crippen LogP contribution < -0.4 is 9.47 Å². The van der Waals surface area contributed by atoms with E-state index in [9.17, 15) is 9.59 Å². The average Bonchev–Trinajstić information content (AvgIpc) is 3.26. The molecule has 212 valence electrons. The van der Waals surface area contributed by atoms with Crippen molar-refractivity contribution in [1.29, 1.82) is 0 Å². The Balaban J connectivity index is 0.953. The van der Waals surface area contributed by atoms with E-state index >= 15 is 0 Å². The number of carbonyl (C=O) groups excluding carboxylic acids is 2. The quantitative estimate of drug-likeness (QED) is 0.297. The Morgan fingerprint density at radius 2 is 1.05 bits per heavy atom. The molecule has 8 rings (SSSR count). The van der Waals surface area contributed by atoms with Gasteiger partial charge in [0.05, 0.1) is 34.6 Å². The van der Waals surface area contributed by atoms with Gasteiger partial charge in [-0.2, -0.15) is 0 Å². The van der Waals surface area contributed by atoms with Crippen LogP contribution in [0.15, 0.2) is 94.9 Å². The van der Waals surface area contributed by atoms with E-state index in [0.717, 1.165) is 12.8 Å². The third-order valence-electron chi connectivity index (χ3n) is 8.72. The smallest absolute Gasteiger partial charge is 0.256 e. The third kappa shape index (κ3) is 4.55. The Bertz CT molecular complexity index is 1710. The fraction of sp³-hybridized carbons (Fsp3) is 0.200. The van der Waals surface area contributed by atoms with Gasteiger partial charge in [0.15, 0.2) is 0 Å². The number of benzene rings is 4.